The number of nitrogens with zero attached hydrogens (tertiary/aromatic N) is 3. The molecule has 1 heterocycles. The maximum atomic E-state index is 15.1. The largest absolute Gasteiger partial charge is 0.460 e. The van der Waals surface area contributed by atoms with E-state index in [1.165, 1.54) is 13.8 Å². The van der Waals surface area contributed by atoms with Gasteiger partial charge in [0.1, 0.15) is 57.3 Å². The number of rotatable bonds is 35. The van der Waals surface area contributed by atoms with Gasteiger partial charge in [0.25, 0.3) is 0 Å². The Morgan fingerprint density at radius 2 is 0.827 bits per heavy atom. The Bertz CT molecular complexity index is 2220. The van der Waals surface area contributed by atoms with Crippen molar-refractivity contribution in [2.75, 3.05) is 62.7 Å². The SMILES string of the molecule is C=CC(=O)OCC(C)(COC(=O)C=C)NC(=O)OCCSCCCn1c(=O)n(CCCSCCOC(=O)NC(C)(COC(=O)C=C)COC(=O)C=C)c(=O)n(CC(F)(F)C(F)(F)OC(F)(F)C(F)(F)C(C)(F)F)c1=O. The first-order valence-electron chi connectivity index (χ1n) is 21.3. The molecule has 424 valence electrons. The van der Waals surface area contributed by atoms with Gasteiger partial charge in [-0.25, -0.2) is 61.6 Å². The zero-order valence-corrected chi connectivity index (χ0v) is 41.8. The number of hydrogen-bond acceptors (Lipinski definition) is 18. The van der Waals surface area contributed by atoms with Crippen LogP contribution in [-0.2, 0) is 72.0 Å². The molecule has 2 amide bonds. The van der Waals surface area contributed by atoms with Crippen LogP contribution in [0.3, 0.4) is 0 Å². The highest BCUT2D eigenvalue weighted by molar-refractivity contribution is 7.99. The predicted octanol–water partition coefficient (Wildman–Crippen LogP) is 4.43. The molecule has 0 aromatic carbocycles. The number of ether oxygens (including phenoxy) is 7. The standard InChI is InChI=1S/C42H53F10N5O16S2/c1-8-27(58)69-23-36(5,24-70-28(59)9-2)53-31(62)67-16-20-74-18-12-14-55-33(64)56(15-13-19-75-21-17-68-32(63)54-37(6,25-71-29(60)10-3)26-72-30(61)11-4)35(66)57(34(55)65)22-39(45,46)41(49,50)73-42(51,52)40(47,48)38(7,43)44/h8-11H,1-4,12-26H2,5-7H3,(H,53,62)(H,54,63). The Balaban J connectivity index is 3.25. The molecule has 0 unspecified atom stereocenters. The van der Waals surface area contributed by atoms with Crippen molar-refractivity contribution in [3.63, 3.8) is 0 Å². The Kier molecular flexibility index (Phi) is 26.0. The van der Waals surface area contributed by atoms with Crippen molar-refractivity contribution >= 4 is 59.6 Å². The Labute approximate surface area is 427 Å². The van der Waals surface area contributed by atoms with Gasteiger partial charge in [-0.1, -0.05) is 26.3 Å². The van der Waals surface area contributed by atoms with E-state index in [0.29, 0.717) is 0 Å². The zero-order valence-electron chi connectivity index (χ0n) is 40.2. The van der Waals surface area contributed by atoms with Crippen LogP contribution < -0.4 is 27.7 Å². The van der Waals surface area contributed by atoms with Crippen LogP contribution in [0.25, 0.3) is 0 Å². The topological polar surface area (TPSA) is 257 Å². The fourth-order valence-electron chi connectivity index (χ4n) is 5.24. The first-order valence-corrected chi connectivity index (χ1v) is 23.7. The first-order chi connectivity index (χ1) is 34.6. The molecular formula is C42H53F10N5O16S2. The molecule has 0 spiro atoms. The first kappa shape index (κ1) is 66.8. The quantitative estimate of drug-likeness (QED) is 0.0313. The number of alkyl carbamates (subject to hydrolysis) is 2. The molecule has 1 aromatic rings. The lowest BCUT2D eigenvalue weighted by molar-refractivity contribution is -0.485. The number of alkyl halides is 10. The van der Waals surface area contributed by atoms with Gasteiger partial charge in [-0.2, -0.15) is 67.4 Å². The van der Waals surface area contributed by atoms with Gasteiger partial charge in [0.05, 0.1) is 0 Å². The van der Waals surface area contributed by atoms with E-state index in [1.54, 1.807) is 0 Å². The average molecular weight is 1140 g/mol. The number of aromatic nitrogens is 3. The monoisotopic (exact) mass is 1140 g/mol. The minimum atomic E-state index is -6.98. The highest BCUT2D eigenvalue weighted by atomic mass is 32.2. The smallest absolute Gasteiger partial charge is 0.430 e. The molecule has 0 radical (unpaired) electrons. The second kappa shape index (κ2) is 29.2. The Morgan fingerprint density at radius 1 is 0.507 bits per heavy atom. The number of hydrogen-bond donors (Lipinski definition) is 2. The number of carbonyl (C=O) groups excluding carboxylic acids is 6. The number of thioether (sulfide) groups is 2. The summed E-state index contributed by atoms with van der Waals surface area (Å²) in [5, 5.41) is 4.70. The normalized spacial score (nSPS) is 12.4. The van der Waals surface area contributed by atoms with Crippen molar-refractivity contribution in [1.29, 1.82) is 0 Å². The number of amides is 2. The van der Waals surface area contributed by atoms with Gasteiger partial charge in [0.2, 0.25) is 0 Å². The van der Waals surface area contributed by atoms with Crippen LogP contribution in [0.4, 0.5) is 53.5 Å². The van der Waals surface area contributed by atoms with Crippen molar-refractivity contribution in [2.24, 2.45) is 0 Å². The third-order valence-electron chi connectivity index (χ3n) is 9.21. The van der Waals surface area contributed by atoms with Crippen molar-refractivity contribution < 1.29 is 106 Å². The zero-order chi connectivity index (χ0) is 57.6. The number of carbonyl (C=O) groups is 6. The minimum absolute atomic E-state index is 0.0121. The van der Waals surface area contributed by atoms with Crippen LogP contribution in [0.15, 0.2) is 65.0 Å². The second-order valence-electron chi connectivity index (χ2n) is 15.9. The summed E-state index contributed by atoms with van der Waals surface area (Å²) in [6.45, 7) is 7.55. The van der Waals surface area contributed by atoms with Gasteiger partial charge < -0.3 is 39.1 Å². The lowest BCUT2D eigenvalue weighted by Gasteiger charge is -2.34. The molecule has 0 atom stereocenters. The molecule has 0 saturated heterocycles. The molecule has 21 nitrogen and oxygen atoms in total. The Morgan fingerprint density at radius 3 is 1.13 bits per heavy atom. The summed E-state index contributed by atoms with van der Waals surface area (Å²) in [5.74, 6) is -22.5. The second-order valence-corrected chi connectivity index (χ2v) is 18.3. The van der Waals surface area contributed by atoms with Crippen LogP contribution in [-0.4, -0.2) is 153 Å². The highest BCUT2D eigenvalue weighted by Gasteiger charge is 2.75. The molecule has 0 saturated carbocycles. The van der Waals surface area contributed by atoms with Gasteiger partial charge in [0, 0.05) is 55.8 Å². The molecule has 2 N–H and O–H groups in total. The van der Waals surface area contributed by atoms with E-state index in [-0.39, 0.29) is 58.2 Å². The Hall–Kier alpha value is -6.25. The summed E-state index contributed by atoms with van der Waals surface area (Å²) in [6.07, 6.45) is -13.1. The third kappa shape index (κ3) is 21.1. The lowest BCUT2D eigenvalue weighted by atomic mass is 10.1. The maximum Gasteiger partial charge on any atom is 0.430 e. The summed E-state index contributed by atoms with van der Waals surface area (Å²) in [4.78, 5) is 111. The van der Waals surface area contributed by atoms with Gasteiger partial charge in [-0.15, -0.1) is 0 Å². The van der Waals surface area contributed by atoms with Crippen molar-refractivity contribution in [2.45, 2.75) is 94.3 Å². The summed E-state index contributed by atoms with van der Waals surface area (Å²) in [6, 6.07) is 0. The van der Waals surface area contributed by atoms with Crippen molar-refractivity contribution in [1.82, 2.24) is 24.3 Å². The van der Waals surface area contributed by atoms with E-state index in [1.807, 2.05) is 0 Å². The highest BCUT2D eigenvalue weighted by Crippen LogP contribution is 2.50. The number of esters is 4. The van der Waals surface area contributed by atoms with Crippen LogP contribution in [0.5, 0.6) is 0 Å². The van der Waals surface area contributed by atoms with Crippen molar-refractivity contribution in [3.8, 4) is 0 Å². The van der Waals surface area contributed by atoms with E-state index >= 15 is 8.78 Å². The molecule has 33 heteroatoms. The lowest BCUT2D eigenvalue weighted by Crippen LogP contribution is -2.61. The van der Waals surface area contributed by atoms with E-state index in [4.69, 9.17) is 28.4 Å². The van der Waals surface area contributed by atoms with Gasteiger partial charge in [-0.05, 0) is 38.2 Å². The van der Waals surface area contributed by atoms with E-state index < -0.39 is 152 Å². The van der Waals surface area contributed by atoms with E-state index in [2.05, 4.69) is 41.7 Å². The maximum absolute atomic E-state index is 15.1. The summed E-state index contributed by atoms with van der Waals surface area (Å²) in [5.41, 5.74) is -8.60. The van der Waals surface area contributed by atoms with Gasteiger partial charge in [0.15, 0.2) is 0 Å². The van der Waals surface area contributed by atoms with Crippen LogP contribution in [0, 0.1) is 0 Å². The molecule has 75 heavy (non-hydrogen) atoms. The number of nitrogens with one attached hydrogen (secondary N) is 2. The fraction of sp³-hybridized carbons (Fsp3) is 0.595. The fourth-order valence-corrected chi connectivity index (χ4v) is 6.71. The molecule has 0 bridgehead atoms. The number of halogens is 10. The predicted molar refractivity (Wildman–Crippen MR) is 245 cm³/mol. The molecule has 1 aromatic heterocycles. The van der Waals surface area contributed by atoms with E-state index in [9.17, 15) is 78.3 Å². The molecule has 1 rings (SSSR count). The van der Waals surface area contributed by atoms with Gasteiger partial charge in [-0.3, -0.25) is 0 Å². The van der Waals surface area contributed by atoms with Crippen LogP contribution in [0.1, 0.15) is 33.6 Å². The summed E-state index contributed by atoms with van der Waals surface area (Å²) in [7, 11) is 0. The van der Waals surface area contributed by atoms with Crippen LogP contribution in [0.2, 0.25) is 0 Å². The molecule has 0 aliphatic rings. The molecular weight excluding hydrogens is 1080 g/mol. The third-order valence-corrected chi connectivity index (χ3v) is 11.3. The van der Waals surface area contributed by atoms with Gasteiger partial charge >= 0.3 is 83.1 Å². The van der Waals surface area contributed by atoms with Crippen molar-refractivity contribution in [3.05, 3.63) is 82.1 Å². The van der Waals surface area contributed by atoms with E-state index in [0.717, 1.165) is 47.8 Å². The summed E-state index contributed by atoms with van der Waals surface area (Å²) >= 11 is 1.97. The molecule has 0 aliphatic carbocycles. The average Bonchev–Trinajstić information content (AvgIpc) is 3.32. The van der Waals surface area contributed by atoms with Crippen LogP contribution >= 0.6 is 23.5 Å². The summed E-state index contributed by atoms with van der Waals surface area (Å²) < 4.78 is 173. The molecule has 0 aliphatic heterocycles. The molecule has 0 fully saturated rings. The minimum Gasteiger partial charge on any atom is -0.460 e.